The Morgan fingerprint density at radius 1 is 0.739 bits per heavy atom. The van der Waals surface area contributed by atoms with Crippen LogP contribution in [0.15, 0.2) is 59.5 Å². The van der Waals surface area contributed by atoms with E-state index in [1.807, 2.05) is 28.7 Å². The van der Waals surface area contributed by atoms with E-state index >= 15 is 0 Å². The number of hydrogen-bond acceptors (Lipinski definition) is 3. The third kappa shape index (κ3) is 3.00. The highest BCUT2D eigenvalue weighted by Gasteiger charge is 2.36. The van der Waals surface area contributed by atoms with Crippen LogP contribution in [0.4, 0.5) is 0 Å². The molecule has 0 amide bonds. The highest BCUT2D eigenvalue weighted by molar-refractivity contribution is 8.00. The molecule has 3 aromatic rings. The van der Waals surface area contributed by atoms with Crippen LogP contribution in [0.1, 0.15) is 38.5 Å². The molecule has 0 aliphatic heterocycles. The van der Waals surface area contributed by atoms with Crippen molar-refractivity contribution >= 4 is 22.8 Å². The smallest absolute Gasteiger partial charge is 0.132 e. The van der Waals surface area contributed by atoms with Gasteiger partial charge in [-0.1, -0.05) is 67.8 Å². The second-order valence-corrected chi connectivity index (χ2v) is 7.69. The lowest BCUT2D eigenvalue weighted by atomic mass is 10.1. The maximum Gasteiger partial charge on any atom is 0.132 e. The van der Waals surface area contributed by atoms with Gasteiger partial charge in [-0.2, -0.15) is 15.0 Å². The van der Waals surface area contributed by atoms with E-state index < -0.39 is 0 Å². The summed E-state index contributed by atoms with van der Waals surface area (Å²) < 4.78 is 0. The Kier molecular flexibility index (Phi) is 4.08. The zero-order chi connectivity index (χ0) is 15.5. The van der Waals surface area contributed by atoms with Crippen molar-refractivity contribution in [3.05, 3.63) is 54.6 Å². The third-order valence-corrected chi connectivity index (χ3v) is 6.05. The first-order chi connectivity index (χ1) is 11.4. The van der Waals surface area contributed by atoms with Crippen LogP contribution < -0.4 is 0 Å². The molecule has 1 saturated carbocycles. The summed E-state index contributed by atoms with van der Waals surface area (Å²) in [7, 11) is 0. The third-order valence-electron chi connectivity index (χ3n) is 4.59. The lowest BCUT2D eigenvalue weighted by molar-refractivity contribution is 0.320. The topological polar surface area (TPSA) is 30.7 Å². The summed E-state index contributed by atoms with van der Waals surface area (Å²) in [5, 5.41) is 9.66. The largest absolute Gasteiger partial charge is 0.167 e. The Morgan fingerprint density at radius 3 is 1.91 bits per heavy atom. The van der Waals surface area contributed by atoms with E-state index in [0.29, 0.717) is 0 Å². The number of aromatic nitrogens is 3. The molecule has 0 unspecified atom stereocenters. The molecule has 1 heterocycles. The monoisotopic (exact) mass is 323 g/mol. The summed E-state index contributed by atoms with van der Waals surface area (Å²) in [5.41, 5.74) is 1.98. The molecular formula is C19H21N3S. The first-order valence-corrected chi connectivity index (χ1v) is 9.24. The van der Waals surface area contributed by atoms with Gasteiger partial charge in [0.1, 0.15) is 15.9 Å². The van der Waals surface area contributed by atoms with Gasteiger partial charge in [0.05, 0.1) is 0 Å². The molecular weight excluding hydrogens is 302 g/mol. The van der Waals surface area contributed by atoms with Gasteiger partial charge in [-0.15, -0.1) is 0 Å². The molecule has 1 aromatic heterocycles. The van der Waals surface area contributed by atoms with E-state index in [4.69, 9.17) is 10.2 Å². The fraction of sp³-hybridized carbons (Fsp3) is 0.368. The molecule has 1 fully saturated rings. The second-order valence-electron chi connectivity index (χ2n) is 6.25. The molecule has 1 aliphatic carbocycles. The molecule has 0 spiro atoms. The average Bonchev–Trinajstić information content (AvgIpc) is 2.90. The first kappa shape index (κ1) is 14.8. The van der Waals surface area contributed by atoms with Crippen molar-refractivity contribution in [1.82, 2.24) is 15.0 Å². The van der Waals surface area contributed by atoms with Crippen LogP contribution in [0.3, 0.4) is 0 Å². The molecule has 118 valence electrons. The molecule has 4 heteroatoms. The molecule has 0 N–H and O–H groups in total. The molecule has 1 aliphatic rings. The van der Waals surface area contributed by atoms with Gasteiger partial charge in [-0.25, -0.2) is 0 Å². The van der Waals surface area contributed by atoms with Crippen molar-refractivity contribution in [3.63, 3.8) is 0 Å². The van der Waals surface area contributed by atoms with Crippen molar-refractivity contribution < 1.29 is 0 Å². The van der Waals surface area contributed by atoms with E-state index in [1.165, 1.54) is 30.6 Å². The number of nitrogens with zero attached hydrogens (tertiary/aromatic N) is 3. The van der Waals surface area contributed by atoms with E-state index in [-0.39, 0.29) is 4.87 Å². The van der Waals surface area contributed by atoms with E-state index in [2.05, 4.69) is 42.5 Å². The van der Waals surface area contributed by atoms with Crippen molar-refractivity contribution in [2.45, 2.75) is 48.3 Å². The lowest BCUT2D eigenvalue weighted by Crippen LogP contribution is -2.31. The summed E-state index contributed by atoms with van der Waals surface area (Å²) in [4.78, 5) is 3.26. The van der Waals surface area contributed by atoms with Gasteiger partial charge < -0.3 is 0 Å². The SMILES string of the molecule is c1ccc(SC2(n3nc4ccccc4n3)CCCCCC2)cc1. The Morgan fingerprint density at radius 2 is 1.30 bits per heavy atom. The second kappa shape index (κ2) is 6.36. The van der Waals surface area contributed by atoms with Crippen LogP contribution in [0.5, 0.6) is 0 Å². The summed E-state index contributed by atoms with van der Waals surface area (Å²) in [6.45, 7) is 0. The van der Waals surface area contributed by atoms with Gasteiger partial charge >= 0.3 is 0 Å². The van der Waals surface area contributed by atoms with Crippen LogP contribution >= 0.6 is 11.8 Å². The van der Waals surface area contributed by atoms with Crippen LogP contribution in [0.2, 0.25) is 0 Å². The van der Waals surface area contributed by atoms with Crippen LogP contribution in [-0.2, 0) is 4.87 Å². The molecule has 0 radical (unpaired) electrons. The quantitative estimate of drug-likeness (QED) is 0.618. The predicted molar refractivity (Wildman–Crippen MR) is 95.5 cm³/mol. The normalized spacial score (nSPS) is 17.9. The highest BCUT2D eigenvalue weighted by atomic mass is 32.2. The highest BCUT2D eigenvalue weighted by Crippen LogP contribution is 2.46. The number of rotatable bonds is 3. The fourth-order valence-electron chi connectivity index (χ4n) is 3.37. The number of thioether (sulfide) groups is 1. The zero-order valence-electron chi connectivity index (χ0n) is 13.2. The van der Waals surface area contributed by atoms with Gasteiger partial charge in [0.15, 0.2) is 0 Å². The lowest BCUT2D eigenvalue weighted by Gasteiger charge is -2.31. The fourth-order valence-corrected chi connectivity index (χ4v) is 4.76. The van der Waals surface area contributed by atoms with Crippen molar-refractivity contribution in [1.29, 1.82) is 0 Å². The Hall–Kier alpha value is -1.81. The first-order valence-electron chi connectivity index (χ1n) is 8.42. The minimum absolute atomic E-state index is 0.0587. The Balaban J connectivity index is 1.77. The summed E-state index contributed by atoms with van der Waals surface area (Å²) in [5.74, 6) is 0. The van der Waals surface area contributed by atoms with Crippen molar-refractivity contribution in [2.24, 2.45) is 0 Å². The standard InChI is InChI=1S/C19H21N3S/c1-2-9-15-19(14-8-1,23-16-10-4-3-5-11-16)22-20-17-12-6-7-13-18(17)21-22/h3-7,10-13H,1-2,8-9,14-15H2. The number of hydrogen-bond donors (Lipinski definition) is 0. The van der Waals surface area contributed by atoms with Crippen LogP contribution in [0.25, 0.3) is 11.0 Å². The Labute approximate surface area is 141 Å². The van der Waals surface area contributed by atoms with Crippen molar-refractivity contribution in [2.75, 3.05) is 0 Å². The average molecular weight is 323 g/mol. The molecule has 23 heavy (non-hydrogen) atoms. The van der Waals surface area contributed by atoms with Crippen LogP contribution in [-0.4, -0.2) is 15.0 Å². The number of benzene rings is 2. The van der Waals surface area contributed by atoms with Gasteiger partial charge in [0, 0.05) is 4.90 Å². The minimum atomic E-state index is -0.0587. The minimum Gasteiger partial charge on any atom is -0.167 e. The summed E-state index contributed by atoms with van der Waals surface area (Å²) in [6, 6.07) is 18.9. The molecule has 0 bridgehead atoms. The van der Waals surface area contributed by atoms with E-state index in [9.17, 15) is 0 Å². The number of fused-ring (bicyclic) bond motifs is 1. The van der Waals surface area contributed by atoms with Crippen molar-refractivity contribution in [3.8, 4) is 0 Å². The van der Waals surface area contributed by atoms with Gasteiger partial charge in [-0.05, 0) is 37.1 Å². The van der Waals surface area contributed by atoms with E-state index in [0.717, 1.165) is 23.9 Å². The molecule has 3 nitrogen and oxygen atoms in total. The maximum absolute atomic E-state index is 4.83. The zero-order valence-corrected chi connectivity index (χ0v) is 14.0. The Bertz CT molecular complexity index is 740. The molecule has 0 atom stereocenters. The van der Waals surface area contributed by atoms with Gasteiger partial charge in [0.25, 0.3) is 0 Å². The van der Waals surface area contributed by atoms with Crippen LogP contribution in [0, 0.1) is 0 Å². The predicted octanol–water partition coefficient (Wildman–Crippen LogP) is 5.23. The van der Waals surface area contributed by atoms with Gasteiger partial charge in [0.2, 0.25) is 0 Å². The van der Waals surface area contributed by atoms with Gasteiger partial charge in [-0.3, -0.25) is 0 Å². The molecule has 4 rings (SSSR count). The molecule has 2 aromatic carbocycles. The summed E-state index contributed by atoms with van der Waals surface area (Å²) >= 11 is 1.93. The molecule has 0 saturated heterocycles. The summed E-state index contributed by atoms with van der Waals surface area (Å²) in [6.07, 6.45) is 7.40. The van der Waals surface area contributed by atoms with E-state index in [1.54, 1.807) is 0 Å². The maximum atomic E-state index is 4.83.